The second kappa shape index (κ2) is 2.43. The highest BCUT2D eigenvalue weighted by atomic mass is 79.9. The monoisotopic (exact) mass is 182 g/mol. The summed E-state index contributed by atoms with van der Waals surface area (Å²) in [5, 5.41) is 0. The number of alkyl halides is 1. The Bertz CT molecular complexity index is 60.7. The Morgan fingerprint density at radius 3 is 2.57 bits per heavy atom. The van der Waals surface area contributed by atoms with Crippen LogP contribution in [0.15, 0.2) is 0 Å². The maximum atomic E-state index is 9.02. The fraction of sp³-hybridized carbons (Fsp3) is 1.00. The standard InChI is InChI=1S/C4H8BrOP/c5-4-2-1-3-7(4)6/h4,6H,1-3H2. The van der Waals surface area contributed by atoms with E-state index < -0.39 is 8.15 Å². The van der Waals surface area contributed by atoms with Crippen LogP contribution in [0.1, 0.15) is 12.8 Å². The molecule has 0 bridgehead atoms. The van der Waals surface area contributed by atoms with Crippen molar-refractivity contribution >= 4 is 24.1 Å². The minimum Gasteiger partial charge on any atom is -0.373 e. The van der Waals surface area contributed by atoms with Gasteiger partial charge in [0.1, 0.15) is 0 Å². The minimum atomic E-state index is -0.610. The van der Waals surface area contributed by atoms with E-state index in [-0.39, 0.29) is 0 Å². The number of hydrogen-bond acceptors (Lipinski definition) is 1. The van der Waals surface area contributed by atoms with Gasteiger partial charge in [-0.3, -0.25) is 0 Å². The summed E-state index contributed by atoms with van der Waals surface area (Å²) in [6, 6.07) is 0. The Morgan fingerprint density at radius 2 is 2.43 bits per heavy atom. The van der Waals surface area contributed by atoms with Gasteiger partial charge < -0.3 is 4.89 Å². The molecule has 0 aromatic heterocycles. The lowest BCUT2D eigenvalue weighted by Crippen LogP contribution is -1.81. The molecule has 0 spiro atoms. The molecule has 3 heteroatoms. The second-order valence-corrected chi connectivity index (χ2v) is 5.50. The zero-order valence-corrected chi connectivity index (χ0v) is 6.45. The molecule has 1 heterocycles. The van der Waals surface area contributed by atoms with Crippen molar-refractivity contribution in [3.8, 4) is 0 Å². The third-order valence-corrected chi connectivity index (χ3v) is 4.71. The smallest absolute Gasteiger partial charge is 0.0586 e. The molecule has 1 N–H and O–H groups in total. The number of hydrogen-bond donors (Lipinski definition) is 1. The van der Waals surface area contributed by atoms with Gasteiger partial charge in [-0.2, -0.15) is 0 Å². The zero-order valence-electron chi connectivity index (χ0n) is 3.97. The predicted octanol–water partition coefficient (Wildman–Crippen LogP) is 1.89. The SMILES string of the molecule is OP1CCCC1Br. The summed E-state index contributed by atoms with van der Waals surface area (Å²) >= 11 is 3.38. The second-order valence-electron chi connectivity index (χ2n) is 1.74. The molecule has 42 valence electrons. The average Bonchev–Trinajstić information content (AvgIpc) is 1.91. The van der Waals surface area contributed by atoms with Gasteiger partial charge in [-0.1, -0.05) is 15.9 Å². The molecule has 0 saturated carbocycles. The number of rotatable bonds is 0. The third kappa shape index (κ3) is 1.38. The van der Waals surface area contributed by atoms with E-state index >= 15 is 0 Å². The van der Waals surface area contributed by atoms with Crippen LogP contribution in [0, 0.1) is 0 Å². The molecule has 0 aromatic carbocycles. The van der Waals surface area contributed by atoms with Crippen LogP contribution < -0.4 is 0 Å². The van der Waals surface area contributed by atoms with Gasteiger partial charge in [-0.25, -0.2) is 0 Å². The lowest BCUT2D eigenvalue weighted by atomic mass is 10.4. The van der Waals surface area contributed by atoms with E-state index in [1.165, 1.54) is 12.8 Å². The zero-order chi connectivity index (χ0) is 5.28. The molecular weight excluding hydrogens is 175 g/mol. The topological polar surface area (TPSA) is 20.2 Å². The third-order valence-electron chi connectivity index (χ3n) is 1.15. The Balaban J connectivity index is 2.33. The summed E-state index contributed by atoms with van der Waals surface area (Å²) in [7, 11) is -0.610. The van der Waals surface area contributed by atoms with Crippen LogP contribution in [-0.2, 0) is 0 Å². The molecule has 0 radical (unpaired) electrons. The highest BCUT2D eigenvalue weighted by molar-refractivity contribution is 9.10. The normalized spacial score (nSPS) is 42.0. The van der Waals surface area contributed by atoms with Crippen molar-refractivity contribution in [3.05, 3.63) is 0 Å². The first kappa shape index (κ1) is 6.00. The van der Waals surface area contributed by atoms with Gasteiger partial charge in [0.2, 0.25) is 0 Å². The van der Waals surface area contributed by atoms with Crippen molar-refractivity contribution in [2.45, 2.75) is 17.4 Å². The molecule has 2 atom stereocenters. The first-order chi connectivity index (χ1) is 3.30. The predicted molar refractivity (Wildman–Crippen MR) is 36.0 cm³/mol. The summed E-state index contributed by atoms with van der Waals surface area (Å²) in [4.78, 5) is 9.02. The summed E-state index contributed by atoms with van der Waals surface area (Å²) < 4.78 is 0.447. The lowest BCUT2D eigenvalue weighted by molar-refractivity contribution is 0.629. The van der Waals surface area contributed by atoms with Crippen molar-refractivity contribution in [2.75, 3.05) is 6.16 Å². The summed E-state index contributed by atoms with van der Waals surface area (Å²) in [6.07, 6.45) is 3.42. The maximum Gasteiger partial charge on any atom is 0.0586 e. The van der Waals surface area contributed by atoms with Crippen molar-refractivity contribution in [2.24, 2.45) is 0 Å². The van der Waals surface area contributed by atoms with Crippen LogP contribution in [0.4, 0.5) is 0 Å². The minimum absolute atomic E-state index is 0.447. The Morgan fingerprint density at radius 1 is 1.71 bits per heavy atom. The average molecular weight is 183 g/mol. The highest BCUT2D eigenvalue weighted by Crippen LogP contribution is 2.48. The molecule has 7 heavy (non-hydrogen) atoms. The molecular formula is C4H8BrOP. The molecule has 1 saturated heterocycles. The van der Waals surface area contributed by atoms with Crippen LogP contribution in [-0.4, -0.2) is 15.6 Å². The molecule has 1 nitrogen and oxygen atoms in total. The van der Waals surface area contributed by atoms with Gasteiger partial charge in [-0.05, 0) is 19.0 Å². The number of halogens is 1. The van der Waals surface area contributed by atoms with Gasteiger partial charge in [0.15, 0.2) is 0 Å². The lowest BCUT2D eigenvalue weighted by Gasteiger charge is -2.02. The van der Waals surface area contributed by atoms with Crippen LogP contribution in [0.25, 0.3) is 0 Å². The molecule has 0 amide bonds. The van der Waals surface area contributed by atoms with Gasteiger partial charge in [0.05, 0.1) is 4.57 Å². The molecule has 1 aliphatic heterocycles. The largest absolute Gasteiger partial charge is 0.373 e. The highest BCUT2D eigenvalue weighted by Gasteiger charge is 2.21. The van der Waals surface area contributed by atoms with Crippen LogP contribution in [0.5, 0.6) is 0 Å². The van der Waals surface area contributed by atoms with Crippen molar-refractivity contribution < 1.29 is 4.89 Å². The molecule has 0 aromatic rings. The molecule has 1 rings (SSSR count). The summed E-state index contributed by atoms with van der Waals surface area (Å²) in [5.41, 5.74) is 0. The van der Waals surface area contributed by atoms with E-state index in [0.717, 1.165) is 6.16 Å². The van der Waals surface area contributed by atoms with Gasteiger partial charge in [0.25, 0.3) is 0 Å². The molecule has 1 fully saturated rings. The van der Waals surface area contributed by atoms with Crippen LogP contribution in [0.2, 0.25) is 0 Å². The van der Waals surface area contributed by atoms with Crippen molar-refractivity contribution in [3.63, 3.8) is 0 Å². The van der Waals surface area contributed by atoms with E-state index in [4.69, 9.17) is 4.89 Å². The molecule has 1 aliphatic rings. The first-order valence-corrected chi connectivity index (χ1v) is 4.87. The van der Waals surface area contributed by atoms with E-state index in [2.05, 4.69) is 15.9 Å². The van der Waals surface area contributed by atoms with Crippen molar-refractivity contribution in [1.82, 2.24) is 0 Å². The first-order valence-electron chi connectivity index (χ1n) is 2.40. The molecule has 2 unspecified atom stereocenters. The quantitative estimate of drug-likeness (QED) is 0.449. The fourth-order valence-corrected chi connectivity index (χ4v) is 2.92. The summed E-state index contributed by atoms with van der Waals surface area (Å²) in [6.45, 7) is 0. The van der Waals surface area contributed by atoms with E-state index in [0.29, 0.717) is 4.57 Å². The van der Waals surface area contributed by atoms with Gasteiger partial charge >= 0.3 is 0 Å². The van der Waals surface area contributed by atoms with Crippen molar-refractivity contribution in [1.29, 1.82) is 0 Å². The Labute approximate surface area is 53.1 Å². The van der Waals surface area contributed by atoms with Crippen LogP contribution in [0.3, 0.4) is 0 Å². The Kier molecular flexibility index (Phi) is 2.08. The Hall–Kier alpha value is 0.870. The van der Waals surface area contributed by atoms with Gasteiger partial charge in [-0.15, -0.1) is 0 Å². The van der Waals surface area contributed by atoms with E-state index in [1.54, 1.807) is 0 Å². The fourth-order valence-electron chi connectivity index (χ4n) is 0.711. The maximum absolute atomic E-state index is 9.02. The van der Waals surface area contributed by atoms with Crippen LogP contribution >= 0.6 is 24.1 Å². The summed E-state index contributed by atoms with van der Waals surface area (Å²) in [5.74, 6) is 0. The molecule has 0 aliphatic carbocycles. The van der Waals surface area contributed by atoms with Gasteiger partial charge in [0, 0.05) is 8.15 Å². The van der Waals surface area contributed by atoms with E-state index in [9.17, 15) is 0 Å². The van der Waals surface area contributed by atoms with E-state index in [1.807, 2.05) is 0 Å².